The molecule has 0 radical (unpaired) electrons. The van der Waals surface area contributed by atoms with Gasteiger partial charge in [-0.2, -0.15) is 0 Å². The Morgan fingerprint density at radius 1 is 1.29 bits per heavy atom. The van der Waals surface area contributed by atoms with Gasteiger partial charge in [0.1, 0.15) is 12.9 Å². The van der Waals surface area contributed by atoms with Gasteiger partial charge in [-0.25, -0.2) is 4.79 Å². The normalized spacial score (nSPS) is 32.1. The van der Waals surface area contributed by atoms with E-state index in [1.807, 2.05) is 0 Å². The minimum atomic E-state index is -1.09. The average Bonchev–Trinajstić information content (AvgIpc) is 2.56. The summed E-state index contributed by atoms with van der Waals surface area (Å²) in [5, 5.41) is 19.9. The molecule has 4 atom stereocenters. The number of ether oxygens (including phenoxy) is 1. The third-order valence-corrected chi connectivity index (χ3v) is 6.67. The zero-order valence-corrected chi connectivity index (χ0v) is 17.2. The van der Waals surface area contributed by atoms with E-state index >= 15 is 0 Å². The van der Waals surface area contributed by atoms with Gasteiger partial charge >= 0.3 is 11.9 Å². The molecule has 6 nitrogen and oxygen atoms in total. The number of aliphatic hydroxyl groups is 1. The van der Waals surface area contributed by atoms with Crippen LogP contribution in [0.25, 0.3) is 0 Å². The predicted molar refractivity (Wildman–Crippen MR) is 104 cm³/mol. The van der Waals surface area contributed by atoms with Crippen molar-refractivity contribution in [2.75, 3.05) is 6.61 Å². The summed E-state index contributed by atoms with van der Waals surface area (Å²) in [6.07, 6.45) is 6.87. The predicted octanol–water partition coefficient (Wildman–Crippen LogP) is 3.29. The monoisotopic (exact) mass is 392 g/mol. The van der Waals surface area contributed by atoms with E-state index in [0.717, 1.165) is 31.6 Å². The first-order chi connectivity index (χ1) is 13.0. The van der Waals surface area contributed by atoms with E-state index in [-0.39, 0.29) is 29.3 Å². The number of aliphatic carboxylic acids is 1. The Kier molecular flexibility index (Phi) is 6.86. The molecule has 0 aromatic carbocycles. The van der Waals surface area contributed by atoms with Crippen LogP contribution in [0.2, 0.25) is 0 Å². The number of carboxylic acids is 1. The van der Waals surface area contributed by atoms with Crippen molar-refractivity contribution >= 4 is 18.2 Å². The van der Waals surface area contributed by atoms with Crippen LogP contribution in [-0.2, 0) is 19.1 Å². The molecule has 28 heavy (non-hydrogen) atoms. The molecule has 0 spiro atoms. The number of hydrogen-bond acceptors (Lipinski definition) is 5. The molecule has 2 aliphatic carbocycles. The Morgan fingerprint density at radius 2 is 1.96 bits per heavy atom. The van der Waals surface area contributed by atoms with E-state index in [2.05, 4.69) is 20.8 Å². The fourth-order valence-electron chi connectivity index (χ4n) is 5.66. The average molecular weight is 392 g/mol. The van der Waals surface area contributed by atoms with Crippen molar-refractivity contribution in [1.29, 1.82) is 0 Å². The number of carbonyl (C=O) groups is 3. The lowest BCUT2D eigenvalue weighted by Gasteiger charge is -2.58. The summed E-state index contributed by atoms with van der Waals surface area (Å²) in [7, 11) is 0. The van der Waals surface area contributed by atoms with Gasteiger partial charge in [0.15, 0.2) is 0 Å². The van der Waals surface area contributed by atoms with Crippen LogP contribution in [0.3, 0.4) is 0 Å². The number of hydrogen-bond donors (Lipinski definition) is 2. The van der Waals surface area contributed by atoms with Crippen LogP contribution in [0, 0.1) is 22.7 Å². The summed E-state index contributed by atoms with van der Waals surface area (Å²) >= 11 is 0. The molecule has 0 aliphatic heterocycles. The molecule has 0 aromatic heterocycles. The number of carboxylic acid groups (broad SMARTS) is 1. The van der Waals surface area contributed by atoms with Crippen LogP contribution in [0.5, 0.6) is 0 Å². The molecule has 0 aromatic rings. The van der Waals surface area contributed by atoms with Gasteiger partial charge in [0, 0.05) is 13.0 Å². The molecule has 0 bridgehead atoms. The van der Waals surface area contributed by atoms with Gasteiger partial charge in [-0.05, 0) is 65.6 Å². The first-order valence-corrected chi connectivity index (χ1v) is 9.92. The SMILES string of the molecule is CC(=O)OC/C(=C/C(=O)O)CC[C@@H]1C(C=O)=C[C@H](O)[C@@H]2C(C)(C)CCC[C@@]12C. The second-order valence-electron chi connectivity index (χ2n) is 9.11. The van der Waals surface area contributed by atoms with Crippen molar-refractivity contribution in [1.82, 2.24) is 0 Å². The van der Waals surface area contributed by atoms with E-state index in [0.29, 0.717) is 24.0 Å². The Hall–Kier alpha value is -1.95. The first kappa shape index (κ1) is 22.3. The Morgan fingerprint density at radius 3 is 2.54 bits per heavy atom. The topological polar surface area (TPSA) is 101 Å². The van der Waals surface area contributed by atoms with Gasteiger partial charge in [0.25, 0.3) is 0 Å². The third kappa shape index (κ3) is 4.72. The van der Waals surface area contributed by atoms with Crippen molar-refractivity contribution in [2.45, 2.75) is 65.9 Å². The lowest BCUT2D eigenvalue weighted by Crippen LogP contribution is -2.54. The van der Waals surface area contributed by atoms with Crippen LogP contribution >= 0.6 is 0 Å². The molecule has 2 aliphatic rings. The van der Waals surface area contributed by atoms with Crippen LogP contribution in [0.15, 0.2) is 23.3 Å². The van der Waals surface area contributed by atoms with E-state index in [1.165, 1.54) is 6.92 Å². The van der Waals surface area contributed by atoms with Gasteiger partial charge in [-0.3, -0.25) is 9.59 Å². The van der Waals surface area contributed by atoms with Crippen LogP contribution in [0.4, 0.5) is 0 Å². The van der Waals surface area contributed by atoms with Crippen molar-refractivity contribution in [3.05, 3.63) is 23.3 Å². The van der Waals surface area contributed by atoms with Crippen LogP contribution in [0.1, 0.15) is 59.8 Å². The lowest BCUT2D eigenvalue weighted by molar-refractivity contribution is -0.140. The van der Waals surface area contributed by atoms with E-state index in [1.54, 1.807) is 6.08 Å². The number of carbonyl (C=O) groups excluding carboxylic acids is 2. The summed E-state index contributed by atoms with van der Waals surface area (Å²) in [5.41, 5.74) is 0.801. The number of esters is 1. The van der Waals surface area contributed by atoms with E-state index < -0.39 is 18.0 Å². The fraction of sp³-hybridized carbons (Fsp3) is 0.682. The maximum Gasteiger partial charge on any atom is 0.328 e. The highest BCUT2D eigenvalue weighted by atomic mass is 16.5. The Balaban J connectivity index is 2.30. The van der Waals surface area contributed by atoms with E-state index in [9.17, 15) is 19.5 Å². The van der Waals surface area contributed by atoms with Gasteiger partial charge in [-0.1, -0.05) is 27.2 Å². The summed E-state index contributed by atoms with van der Waals surface area (Å²) in [6.45, 7) is 7.71. The fourth-order valence-corrected chi connectivity index (χ4v) is 5.66. The largest absolute Gasteiger partial charge is 0.478 e. The molecule has 0 heterocycles. The minimum Gasteiger partial charge on any atom is -0.478 e. The van der Waals surface area contributed by atoms with Gasteiger partial charge in [0.05, 0.1) is 6.10 Å². The van der Waals surface area contributed by atoms with Crippen molar-refractivity contribution < 1.29 is 29.3 Å². The van der Waals surface area contributed by atoms with E-state index in [4.69, 9.17) is 9.84 Å². The molecular formula is C22H32O6. The second kappa shape index (κ2) is 8.60. The standard InChI is InChI=1S/C22H32O6/c1-14(24)28-13-15(10-19(26)27)6-7-17-16(12-23)11-18(25)20-21(2,3)8-5-9-22(17,20)4/h10-12,17-18,20,25H,5-9,13H2,1-4H3,(H,26,27)/b15-10+/t17-,18+,20-,22+/m1/s1. The molecule has 2 N–H and O–H groups in total. The molecular weight excluding hydrogens is 360 g/mol. The second-order valence-corrected chi connectivity index (χ2v) is 9.11. The molecule has 156 valence electrons. The van der Waals surface area contributed by atoms with Gasteiger partial charge < -0.3 is 14.9 Å². The molecule has 0 amide bonds. The van der Waals surface area contributed by atoms with Gasteiger partial charge in [0.2, 0.25) is 0 Å². The van der Waals surface area contributed by atoms with Crippen molar-refractivity contribution in [3.63, 3.8) is 0 Å². The van der Waals surface area contributed by atoms with Crippen molar-refractivity contribution in [3.8, 4) is 0 Å². The highest BCUT2D eigenvalue weighted by Crippen LogP contribution is 2.60. The number of aliphatic hydroxyl groups excluding tert-OH is 1. The highest BCUT2D eigenvalue weighted by Gasteiger charge is 2.55. The van der Waals surface area contributed by atoms with Crippen LogP contribution in [-0.4, -0.2) is 41.1 Å². The molecule has 1 saturated carbocycles. The maximum atomic E-state index is 11.8. The first-order valence-electron chi connectivity index (χ1n) is 9.92. The zero-order chi connectivity index (χ0) is 21.1. The quantitative estimate of drug-likeness (QED) is 0.392. The number of allylic oxidation sites excluding steroid dienone is 1. The third-order valence-electron chi connectivity index (χ3n) is 6.67. The molecule has 0 unspecified atom stereocenters. The molecule has 6 heteroatoms. The zero-order valence-electron chi connectivity index (χ0n) is 17.2. The summed E-state index contributed by atoms with van der Waals surface area (Å²) in [6, 6.07) is 0. The summed E-state index contributed by atoms with van der Waals surface area (Å²) in [5.74, 6) is -1.60. The Labute approximate surface area is 166 Å². The number of aldehydes is 1. The summed E-state index contributed by atoms with van der Waals surface area (Å²) < 4.78 is 4.99. The highest BCUT2D eigenvalue weighted by molar-refractivity contribution is 5.81. The number of fused-ring (bicyclic) bond motifs is 1. The molecule has 0 saturated heterocycles. The molecule has 2 rings (SSSR count). The lowest BCUT2D eigenvalue weighted by atomic mass is 9.47. The van der Waals surface area contributed by atoms with Crippen LogP contribution < -0.4 is 0 Å². The minimum absolute atomic E-state index is 0.0304. The Bertz CT molecular complexity index is 689. The maximum absolute atomic E-state index is 11.8. The summed E-state index contributed by atoms with van der Waals surface area (Å²) in [4.78, 5) is 34.0. The van der Waals surface area contributed by atoms with Crippen molar-refractivity contribution in [2.24, 2.45) is 22.7 Å². The smallest absolute Gasteiger partial charge is 0.328 e. The number of rotatable bonds is 7. The molecule has 1 fully saturated rings. The van der Waals surface area contributed by atoms with Gasteiger partial charge in [-0.15, -0.1) is 0 Å².